The second-order valence-corrected chi connectivity index (χ2v) is 6.02. The lowest BCUT2D eigenvalue weighted by molar-refractivity contribution is -0.0756. The molecule has 1 aliphatic rings. The minimum absolute atomic E-state index is 0.423. The van der Waals surface area contributed by atoms with E-state index in [0.717, 1.165) is 19.4 Å². The summed E-state index contributed by atoms with van der Waals surface area (Å²) >= 11 is 6.13. The van der Waals surface area contributed by atoms with Crippen LogP contribution in [-0.4, -0.2) is 51.1 Å². The van der Waals surface area contributed by atoms with Gasteiger partial charge in [-0.25, -0.2) is 0 Å². The monoisotopic (exact) mass is 287 g/mol. The first-order valence-electron chi connectivity index (χ1n) is 6.70. The van der Waals surface area contributed by atoms with Crippen molar-refractivity contribution in [3.63, 3.8) is 0 Å². The minimum atomic E-state index is -1.06. The number of rotatable bonds is 5. The number of likely N-dealkylation sites (N-methyl/N-ethyl adjacent to an activating group) is 1. The van der Waals surface area contributed by atoms with Gasteiger partial charge in [0, 0.05) is 6.54 Å². The molecule has 0 radical (unpaired) electrons. The van der Waals surface area contributed by atoms with Gasteiger partial charge >= 0.3 is 0 Å². The topological polar surface area (TPSA) is 61.5 Å². The van der Waals surface area contributed by atoms with E-state index in [2.05, 4.69) is 5.10 Å². The Balaban J connectivity index is 2.20. The highest BCUT2D eigenvalue weighted by molar-refractivity contribution is 6.31. The van der Waals surface area contributed by atoms with E-state index in [1.54, 1.807) is 4.68 Å². The Morgan fingerprint density at radius 3 is 2.68 bits per heavy atom. The molecule has 1 aromatic heterocycles. The normalized spacial score (nSPS) is 20.1. The number of nitrogens with zero attached hydrogens (tertiary/aromatic N) is 3. The van der Waals surface area contributed by atoms with E-state index in [4.69, 9.17) is 11.6 Å². The zero-order chi connectivity index (χ0) is 14.0. The SMILES string of the molecule is CN(C)CCn1ncc(Cl)c1C(O)C1(O)CCCC1. The highest BCUT2D eigenvalue weighted by atomic mass is 35.5. The third-order valence-electron chi connectivity index (χ3n) is 3.83. The maximum Gasteiger partial charge on any atom is 0.126 e. The number of hydrogen-bond donors (Lipinski definition) is 2. The number of aromatic nitrogens is 2. The van der Waals surface area contributed by atoms with Crippen molar-refractivity contribution in [2.45, 2.75) is 43.9 Å². The average Bonchev–Trinajstić information content (AvgIpc) is 2.93. The number of hydrogen-bond acceptors (Lipinski definition) is 4. The third kappa shape index (κ3) is 3.11. The maximum absolute atomic E-state index is 10.5. The molecule has 1 aromatic rings. The summed E-state index contributed by atoms with van der Waals surface area (Å²) in [7, 11) is 3.96. The Labute approximate surface area is 118 Å². The molecule has 1 aliphatic carbocycles. The van der Waals surface area contributed by atoms with Gasteiger partial charge in [-0.05, 0) is 26.9 Å². The first-order chi connectivity index (χ1) is 8.94. The van der Waals surface area contributed by atoms with Crippen LogP contribution in [-0.2, 0) is 6.54 Å². The zero-order valence-electron chi connectivity index (χ0n) is 11.5. The molecule has 0 spiro atoms. The molecule has 2 rings (SSSR count). The highest BCUT2D eigenvalue weighted by Crippen LogP contribution is 2.41. The molecule has 0 aliphatic heterocycles. The maximum atomic E-state index is 10.5. The molecule has 0 aromatic carbocycles. The van der Waals surface area contributed by atoms with Crippen molar-refractivity contribution in [2.75, 3.05) is 20.6 Å². The molecule has 1 atom stereocenters. The molecular weight excluding hydrogens is 266 g/mol. The number of aliphatic hydroxyl groups excluding tert-OH is 1. The van der Waals surface area contributed by atoms with Crippen molar-refractivity contribution in [1.82, 2.24) is 14.7 Å². The van der Waals surface area contributed by atoms with Gasteiger partial charge in [-0.1, -0.05) is 24.4 Å². The summed E-state index contributed by atoms with van der Waals surface area (Å²) in [6.07, 6.45) is 3.68. The van der Waals surface area contributed by atoms with Crippen LogP contribution in [0.25, 0.3) is 0 Å². The fourth-order valence-corrected chi connectivity index (χ4v) is 2.88. The average molecular weight is 288 g/mol. The van der Waals surface area contributed by atoms with Crippen LogP contribution in [0.4, 0.5) is 0 Å². The second-order valence-electron chi connectivity index (χ2n) is 5.62. The van der Waals surface area contributed by atoms with Gasteiger partial charge in [0.15, 0.2) is 0 Å². The second kappa shape index (κ2) is 5.79. The smallest absolute Gasteiger partial charge is 0.126 e. The third-order valence-corrected chi connectivity index (χ3v) is 4.12. The molecule has 5 nitrogen and oxygen atoms in total. The molecule has 1 unspecified atom stereocenters. The Kier molecular flexibility index (Phi) is 4.50. The Morgan fingerprint density at radius 2 is 2.11 bits per heavy atom. The van der Waals surface area contributed by atoms with Gasteiger partial charge in [-0.3, -0.25) is 4.68 Å². The molecule has 1 saturated carbocycles. The largest absolute Gasteiger partial charge is 0.387 e. The van der Waals surface area contributed by atoms with E-state index in [1.165, 1.54) is 6.20 Å². The van der Waals surface area contributed by atoms with E-state index >= 15 is 0 Å². The minimum Gasteiger partial charge on any atom is -0.387 e. The quantitative estimate of drug-likeness (QED) is 0.860. The summed E-state index contributed by atoms with van der Waals surface area (Å²) in [6, 6.07) is 0. The van der Waals surface area contributed by atoms with Crippen LogP contribution < -0.4 is 0 Å². The summed E-state index contributed by atoms with van der Waals surface area (Å²) in [5, 5.41) is 25.6. The fourth-order valence-electron chi connectivity index (χ4n) is 2.63. The van der Waals surface area contributed by atoms with Gasteiger partial charge in [0.25, 0.3) is 0 Å². The van der Waals surface area contributed by atoms with E-state index in [9.17, 15) is 10.2 Å². The summed E-state index contributed by atoms with van der Waals surface area (Å²) in [5.74, 6) is 0. The number of aliphatic hydroxyl groups is 2. The summed E-state index contributed by atoms with van der Waals surface area (Å²) in [4.78, 5) is 2.04. The molecule has 1 heterocycles. The van der Waals surface area contributed by atoms with Crippen LogP contribution >= 0.6 is 11.6 Å². The molecule has 0 amide bonds. The molecule has 108 valence electrons. The van der Waals surface area contributed by atoms with Gasteiger partial charge in [0.2, 0.25) is 0 Å². The summed E-state index contributed by atoms with van der Waals surface area (Å²) < 4.78 is 1.70. The molecule has 0 saturated heterocycles. The van der Waals surface area contributed by atoms with Crippen LogP contribution in [0.15, 0.2) is 6.20 Å². The van der Waals surface area contributed by atoms with Crippen LogP contribution in [0, 0.1) is 0 Å². The fraction of sp³-hybridized carbons (Fsp3) is 0.769. The van der Waals surface area contributed by atoms with Gasteiger partial charge in [0.1, 0.15) is 6.10 Å². The molecule has 2 N–H and O–H groups in total. The van der Waals surface area contributed by atoms with E-state index in [-0.39, 0.29) is 0 Å². The first kappa shape index (κ1) is 14.8. The summed E-state index contributed by atoms with van der Waals surface area (Å²) in [5.41, 5.74) is -0.521. The van der Waals surface area contributed by atoms with Gasteiger partial charge in [-0.15, -0.1) is 0 Å². The van der Waals surface area contributed by atoms with E-state index in [0.29, 0.717) is 30.1 Å². The Morgan fingerprint density at radius 1 is 1.47 bits per heavy atom. The Hall–Kier alpha value is -0.620. The zero-order valence-corrected chi connectivity index (χ0v) is 12.3. The van der Waals surface area contributed by atoms with Crippen molar-refractivity contribution in [2.24, 2.45) is 0 Å². The molecule has 1 fully saturated rings. The standard InChI is InChI=1S/C13H22ClN3O2/c1-16(2)7-8-17-11(10(14)9-15-17)12(18)13(19)5-3-4-6-13/h9,12,18-19H,3-8H2,1-2H3. The van der Waals surface area contributed by atoms with Crippen molar-refractivity contribution < 1.29 is 10.2 Å². The lowest BCUT2D eigenvalue weighted by Crippen LogP contribution is -2.35. The Bertz CT molecular complexity index is 428. The predicted octanol–water partition coefficient (Wildman–Crippen LogP) is 1.44. The van der Waals surface area contributed by atoms with Gasteiger partial charge in [0.05, 0.1) is 29.1 Å². The highest BCUT2D eigenvalue weighted by Gasteiger charge is 2.41. The van der Waals surface area contributed by atoms with E-state index < -0.39 is 11.7 Å². The van der Waals surface area contributed by atoms with Crippen LogP contribution in [0.2, 0.25) is 5.02 Å². The van der Waals surface area contributed by atoms with Gasteiger partial charge < -0.3 is 15.1 Å². The van der Waals surface area contributed by atoms with Crippen molar-refractivity contribution in [3.05, 3.63) is 16.9 Å². The summed E-state index contributed by atoms with van der Waals surface area (Å²) in [6.45, 7) is 1.44. The molecular formula is C13H22ClN3O2. The van der Waals surface area contributed by atoms with Crippen LogP contribution in [0.1, 0.15) is 37.5 Å². The lowest BCUT2D eigenvalue weighted by atomic mass is 9.92. The van der Waals surface area contributed by atoms with Gasteiger partial charge in [-0.2, -0.15) is 5.10 Å². The predicted molar refractivity (Wildman–Crippen MR) is 74.2 cm³/mol. The van der Waals surface area contributed by atoms with Crippen LogP contribution in [0.5, 0.6) is 0 Å². The molecule has 19 heavy (non-hydrogen) atoms. The van der Waals surface area contributed by atoms with Crippen LogP contribution in [0.3, 0.4) is 0 Å². The lowest BCUT2D eigenvalue weighted by Gasteiger charge is -2.29. The molecule has 0 bridgehead atoms. The van der Waals surface area contributed by atoms with Crippen molar-refractivity contribution >= 4 is 11.6 Å². The number of halogens is 1. The molecule has 6 heteroatoms. The first-order valence-corrected chi connectivity index (χ1v) is 7.08. The van der Waals surface area contributed by atoms with E-state index in [1.807, 2.05) is 19.0 Å². The van der Waals surface area contributed by atoms with Crippen molar-refractivity contribution in [3.8, 4) is 0 Å². The van der Waals surface area contributed by atoms with Crippen molar-refractivity contribution in [1.29, 1.82) is 0 Å².